The predicted molar refractivity (Wildman–Crippen MR) is 71.2 cm³/mol. The molecule has 2 unspecified atom stereocenters. The van der Waals surface area contributed by atoms with Gasteiger partial charge in [0, 0.05) is 0 Å². The van der Waals surface area contributed by atoms with Crippen LogP contribution in [0, 0.1) is 11.3 Å². The molecule has 0 radical (unpaired) electrons. The second-order valence-corrected chi connectivity index (χ2v) is 5.52. The lowest BCUT2D eigenvalue weighted by Crippen LogP contribution is -2.25. The molecule has 0 fully saturated rings. The molecule has 0 bridgehead atoms. The van der Waals surface area contributed by atoms with Crippen LogP contribution in [0.15, 0.2) is 0 Å². The van der Waals surface area contributed by atoms with Crippen molar-refractivity contribution in [2.45, 2.75) is 86.0 Å². The summed E-state index contributed by atoms with van der Waals surface area (Å²) >= 11 is 0. The molecular formula is C15H32. The van der Waals surface area contributed by atoms with Crippen LogP contribution < -0.4 is 0 Å². The van der Waals surface area contributed by atoms with Gasteiger partial charge in [0.25, 0.3) is 0 Å². The largest absolute Gasteiger partial charge is 0.0654 e. The highest BCUT2D eigenvalue weighted by Gasteiger charge is 2.28. The second-order valence-electron chi connectivity index (χ2n) is 5.52. The van der Waals surface area contributed by atoms with E-state index in [1.54, 1.807) is 0 Å². The van der Waals surface area contributed by atoms with Crippen LogP contribution in [-0.4, -0.2) is 0 Å². The van der Waals surface area contributed by atoms with Gasteiger partial charge in [-0.25, -0.2) is 0 Å². The molecular weight excluding hydrogens is 180 g/mol. The first-order valence-corrected chi connectivity index (χ1v) is 7.10. The van der Waals surface area contributed by atoms with Gasteiger partial charge in [-0.3, -0.25) is 0 Å². The molecule has 0 aliphatic heterocycles. The van der Waals surface area contributed by atoms with Crippen molar-refractivity contribution in [3.63, 3.8) is 0 Å². The number of hydrogen-bond acceptors (Lipinski definition) is 0. The zero-order valence-electron chi connectivity index (χ0n) is 11.7. The summed E-state index contributed by atoms with van der Waals surface area (Å²) in [6.07, 6.45) is 11.2. The first-order valence-electron chi connectivity index (χ1n) is 7.10. The zero-order chi connectivity index (χ0) is 11.7. The Bertz CT molecular complexity index is 139. The minimum Gasteiger partial charge on any atom is -0.0654 e. The SMILES string of the molecule is CCCCCCC(C)(CCC)C(C)CC. The maximum absolute atomic E-state index is 2.51. The topological polar surface area (TPSA) is 0 Å². The second kappa shape index (κ2) is 8.19. The number of rotatable bonds is 9. The van der Waals surface area contributed by atoms with Crippen LogP contribution in [0.5, 0.6) is 0 Å². The van der Waals surface area contributed by atoms with Gasteiger partial charge >= 0.3 is 0 Å². The molecule has 0 spiro atoms. The Labute approximate surface area is 97.8 Å². The number of unbranched alkanes of at least 4 members (excludes halogenated alkanes) is 3. The van der Waals surface area contributed by atoms with Gasteiger partial charge < -0.3 is 0 Å². The van der Waals surface area contributed by atoms with Crippen LogP contribution in [0.3, 0.4) is 0 Å². The minimum absolute atomic E-state index is 0.608. The highest BCUT2D eigenvalue weighted by atomic mass is 14.3. The molecule has 0 saturated heterocycles. The quantitative estimate of drug-likeness (QED) is 0.423. The molecule has 0 N–H and O–H groups in total. The van der Waals surface area contributed by atoms with Gasteiger partial charge in [-0.15, -0.1) is 0 Å². The summed E-state index contributed by atoms with van der Waals surface area (Å²) in [6, 6.07) is 0. The van der Waals surface area contributed by atoms with Gasteiger partial charge in [0.1, 0.15) is 0 Å². The maximum Gasteiger partial charge on any atom is -0.0300 e. The zero-order valence-corrected chi connectivity index (χ0v) is 11.7. The highest BCUT2D eigenvalue weighted by Crippen LogP contribution is 2.39. The van der Waals surface area contributed by atoms with E-state index in [1.165, 1.54) is 51.4 Å². The summed E-state index contributed by atoms with van der Waals surface area (Å²) in [4.78, 5) is 0. The van der Waals surface area contributed by atoms with Crippen LogP contribution >= 0.6 is 0 Å². The van der Waals surface area contributed by atoms with E-state index in [1.807, 2.05) is 0 Å². The first kappa shape index (κ1) is 15.0. The van der Waals surface area contributed by atoms with Crippen molar-refractivity contribution in [3.8, 4) is 0 Å². The van der Waals surface area contributed by atoms with Crippen LogP contribution in [0.1, 0.15) is 86.0 Å². The average Bonchev–Trinajstić information content (AvgIpc) is 2.23. The summed E-state index contributed by atoms with van der Waals surface area (Å²) in [6.45, 7) is 11.9. The Kier molecular flexibility index (Phi) is 8.19. The summed E-state index contributed by atoms with van der Waals surface area (Å²) in [5, 5.41) is 0. The van der Waals surface area contributed by atoms with Gasteiger partial charge in [-0.2, -0.15) is 0 Å². The van der Waals surface area contributed by atoms with Crippen LogP contribution in [-0.2, 0) is 0 Å². The molecule has 0 aliphatic carbocycles. The van der Waals surface area contributed by atoms with E-state index < -0.39 is 0 Å². The highest BCUT2D eigenvalue weighted by molar-refractivity contribution is 4.79. The summed E-state index contributed by atoms with van der Waals surface area (Å²) < 4.78 is 0. The third kappa shape index (κ3) is 5.58. The minimum atomic E-state index is 0.608. The smallest absolute Gasteiger partial charge is 0.0300 e. The fourth-order valence-corrected chi connectivity index (χ4v) is 2.64. The molecule has 0 heteroatoms. The lowest BCUT2D eigenvalue weighted by molar-refractivity contribution is 0.155. The Morgan fingerprint density at radius 2 is 1.53 bits per heavy atom. The van der Waals surface area contributed by atoms with E-state index in [9.17, 15) is 0 Å². The standard InChI is InChI=1S/C15H32/c1-6-9-10-11-13-15(5,12-7-2)14(4)8-3/h14H,6-13H2,1-5H3. The molecule has 0 saturated carbocycles. The van der Waals surface area contributed by atoms with Crippen LogP contribution in [0.25, 0.3) is 0 Å². The Hall–Kier alpha value is 0. The molecule has 15 heavy (non-hydrogen) atoms. The van der Waals surface area contributed by atoms with Crippen molar-refractivity contribution in [1.82, 2.24) is 0 Å². The molecule has 0 rings (SSSR count). The predicted octanol–water partition coefficient (Wildman–Crippen LogP) is 5.81. The van der Waals surface area contributed by atoms with E-state index in [2.05, 4.69) is 34.6 Å². The lowest BCUT2D eigenvalue weighted by Gasteiger charge is -2.35. The van der Waals surface area contributed by atoms with E-state index in [0.29, 0.717) is 5.41 Å². The molecule has 0 aromatic heterocycles. The molecule has 0 aromatic carbocycles. The summed E-state index contributed by atoms with van der Waals surface area (Å²) in [5.74, 6) is 0.888. The van der Waals surface area contributed by atoms with E-state index in [0.717, 1.165) is 5.92 Å². The van der Waals surface area contributed by atoms with Crippen molar-refractivity contribution >= 4 is 0 Å². The molecule has 0 aliphatic rings. The van der Waals surface area contributed by atoms with Crippen molar-refractivity contribution < 1.29 is 0 Å². The lowest BCUT2D eigenvalue weighted by atomic mass is 9.70. The summed E-state index contributed by atoms with van der Waals surface area (Å²) in [5.41, 5.74) is 0.608. The van der Waals surface area contributed by atoms with Gasteiger partial charge in [0.05, 0.1) is 0 Å². The van der Waals surface area contributed by atoms with Gasteiger partial charge in [0.2, 0.25) is 0 Å². The first-order chi connectivity index (χ1) is 7.10. The Balaban J connectivity index is 4.01. The maximum atomic E-state index is 2.51. The van der Waals surface area contributed by atoms with E-state index in [4.69, 9.17) is 0 Å². The average molecular weight is 212 g/mol. The van der Waals surface area contributed by atoms with Gasteiger partial charge in [-0.05, 0) is 24.2 Å². The van der Waals surface area contributed by atoms with E-state index in [-0.39, 0.29) is 0 Å². The molecule has 0 aromatic rings. The number of hydrogen-bond donors (Lipinski definition) is 0. The molecule has 0 amide bonds. The van der Waals surface area contributed by atoms with Gasteiger partial charge in [-0.1, -0.05) is 73.1 Å². The molecule has 2 atom stereocenters. The fourth-order valence-electron chi connectivity index (χ4n) is 2.64. The summed E-state index contributed by atoms with van der Waals surface area (Å²) in [7, 11) is 0. The monoisotopic (exact) mass is 212 g/mol. The molecule has 0 heterocycles. The van der Waals surface area contributed by atoms with Gasteiger partial charge in [0.15, 0.2) is 0 Å². The third-order valence-corrected chi connectivity index (χ3v) is 4.22. The third-order valence-electron chi connectivity index (χ3n) is 4.22. The molecule has 92 valence electrons. The normalized spacial score (nSPS) is 17.4. The van der Waals surface area contributed by atoms with Crippen molar-refractivity contribution in [1.29, 1.82) is 0 Å². The van der Waals surface area contributed by atoms with Crippen LogP contribution in [0.2, 0.25) is 0 Å². The van der Waals surface area contributed by atoms with E-state index >= 15 is 0 Å². The van der Waals surface area contributed by atoms with Crippen LogP contribution in [0.4, 0.5) is 0 Å². The Morgan fingerprint density at radius 1 is 0.867 bits per heavy atom. The van der Waals surface area contributed by atoms with Crippen molar-refractivity contribution in [3.05, 3.63) is 0 Å². The Morgan fingerprint density at radius 3 is 2.00 bits per heavy atom. The molecule has 0 nitrogen and oxygen atoms in total. The van der Waals surface area contributed by atoms with Crippen molar-refractivity contribution in [2.24, 2.45) is 11.3 Å². The van der Waals surface area contributed by atoms with Crippen molar-refractivity contribution in [2.75, 3.05) is 0 Å². The fraction of sp³-hybridized carbons (Fsp3) is 1.00.